The molecule has 3 saturated heterocycles. The minimum absolute atomic E-state index is 0.0994. The van der Waals surface area contributed by atoms with Gasteiger partial charge in [0.25, 0.3) is 5.91 Å². The van der Waals surface area contributed by atoms with Crippen molar-refractivity contribution in [2.75, 3.05) is 66.0 Å². The van der Waals surface area contributed by atoms with Gasteiger partial charge in [0.05, 0.1) is 31.4 Å². The third-order valence-corrected chi connectivity index (χ3v) is 14.3. The Morgan fingerprint density at radius 1 is 0.667 bits per heavy atom. The number of nitrogens with one attached hydrogen (secondary N) is 2. The molecule has 15 atom stereocenters. The monoisotopic (exact) mass is 1100 g/mol. The van der Waals surface area contributed by atoms with Gasteiger partial charge in [0, 0.05) is 85.7 Å². The molecule has 2 amide bonds. The molecule has 0 aromatic heterocycles. The number of aliphatic hydroxyl groups excluding tert-OH is 9. The third kappa shape index (κ3) is 14.0. The fourth-order valence-corrected chi connectivity index (χ4v) is 9.77. The number of rotatable bonds is 23. The summed E-state index contributed by atoms with van der Waals surface area (Å²) in [5.41, 5.74) is 3.05. The number of amides is 2. The molecule has 3 fully saturated rings. The molecule has 430 valence electrons. The van der Waals surface area contributed by atoms with E-state index in [0.29, 0.717) is 46.3 Å². The number of nitrogens with zero attached hydrogens (tertiary/aromatic N) is 2. The van der Waals surface area contributed by atoms with E-state index in [1.807, 2.05) is 74.1 Å². The molecule has 0 radical (unpaired) electrons. The number of hydrogen-bond acceptors (Lipinski definition) is 21. The predicted molar refractivity (Wildman–Crippen MR) is 275 cm³/mol. The van der Waals surface area contributed by atoms with Crippen LogP contribution in [0.3, 0.4) is 0 Å². The lowest BCUT2D eigenvalue weighted by atomic mass is 9.89. The number of carboxylic acid groups (broad SMARTS) is 1. The van der Waals surface area contributed by atoms with Crippen molar-refractivity contribution in [3.05, 3.63) is 71.1 Å². The molecule has 2 aromatic rings. The van der Waals surface area contributed by atoms with Gasteiger partial charge in [-0.3, -0.25) is 9.59 Å². The topological polar surface area (TPSA) is 355 Å². The average molecular weight is 1100 g/mol. The molecule has 5 aliphatic rings. The zero-order valence-corrected chi connectivity index (χ0v) is 44.3. The average Bonchev–Trinajstić information content (AvgIpc) is 3.51. The largest absolute Gasteiger partial charge is 0.545 e. The van der Waals surface area contributed by atoms with Crippen LogP contribution in [0, 0.1) is 0 Å². The van der Waals surface area contributed by atoms with E-state index in [9.17, 15) is 65.4 Å². The highest BCUT2D eigenvalue weighted by Gasteiger charge is 2.53. The van der Waals surface area contributed by atoms with Crippen molar-refractivity contribution >= 4 is 34.4 Å². The van der Waals surface area contributed by atoms with Crippen LogP contribution >= 0.6 is 0 Å². The summed E-state index contributed by atoms with van der Waals surface area (Å²) in [5, 5.41) is 115. The van der Waals surface area contributed by atoms with Crippen molar-refractivity contribution in [2.24, 2.45) is 0 Å². The molecular formula is C54H74N4O20. The van der Waals surface area contributed by atoms with Crippen LogP contribution in [0.15, 0.2) is 59.0 Å². The SMILES string of the molecule is C[C@H]1O[C@H](O[C@H]2[C@@H](O)[C@@H](CO)O[C@@H](O[C@H]3[C@H](O)[C@@H](O)[C@H](OCCCCCCCCC(=O)NCCNC(=O)c4ccc(-c5c6ccc(=[N+](C)C)cc-6oc6cc(N(C)C)ccc56)c(C(=O)[O-])c4)O[C@@H]3CO)[C@@H]2O)[C@H](O)[C@@H](O)[C@H]1O. The Labute approximate surface area is 450 Å². The van der Waals surface area contributed by atoms with Crippen LogP contribution in [0.5, 0.6) is 0 Å². The van der Waals surface area contributed by atoms with Gasteiger partial charge in [-0.25, -0.2) is 4.58 Å². The fourth-order valence-electron chi connectivity index (χ4n) is 9.77. The van der Waals surface area contributed by atoms with Gasteiger partial charge >= 0.3 is 0 Å². The molecule has 0 unspecified atom stereocenters. The van der Waals surface area contributed by atoms with Gasteiger partial charge in [-0.1, -0.05) is 31.7 Å². The number of ether oxygens (including phenoxy) is 6. The van der Waals surface area contributed by atoms with E-state index >= 15 is 0 Å². The summed E-state index contributed by atoms with van der Waals surface area (Å²) in [4.78, 5) is 40.4. The number of aromatic carboxylic acids is 1. The van der Waals surface area contributed by atoms with E-state index in [1.165, 1.54) is 13.0 Å². The Morgan fingerprint density at radius 3 is 2.00 bits per heavy atom. The lowest BCUT2D eigenvalue weighted by molar-refractivity contribution is -0.379. The first-order valence-corrected chi connectivity index (χ1v) is 26.2. The normalized spacial score (nSPS) is 29.3. The summed E-state index contributed by atoms with van der Waals surface area (Å²) >= 11 is 0. The van der Waals surface area contributed by atoms with Crippen molar-refractivity contribution < 1.29 is 98.3 Å². The molecule has 11 N–H and O–H groups in total. The molecule has 24 heteroatoms. The Kier molecular flexibility index (Phi) is 21.1. The van der Waals surface area contributed by atoms with Crippen molar-refractivity contribution in [1.82, 2.24) is 15.2 Å². The Morgan fingerprint density at radius 2 is 1.31 bits per heavy atom. The number of carbonyl (C=O) groups excluding carboxylic acids is 3. The minimum Gasteiger partial charge on any atom is -0.545 e. The van der Waals surface area contributed by atoms with Gasteiger partial charge in [0.15, 0.2) is 18.9 Å². The zero-order chi connectivity index (χ0) is 56.5. The van der Waals surface area contributed by atoms with Gasteiger partial charge in [-0.2, -0.15) is 0 Å². The molecule has 78 heavy (non-hydrogen) atoms. The standard InChI is InChI=1S/C54H74N4O20/c1-27-41(62)43(64)45(66)53(73-27)78-49-42(63)37(25-59)75-54(47(49)68)77-48-38(26-60)76-52(46(67)44(48)65)72-21-11-9-7-6-8-10-12-39(61)55-19-20-56-50(69)28-13-16-31(34(22-28)51(70)71)40-32-17-14-29(57(2)3)23-35(32)74-36-24-30(58(4)5)15-18-33(36)40/h13-18,22-24,27,37-38,41-49,52-54,59-60,62-68H,6-12,19-21,25-26H2,1-5H3,(H2-,55,56,61,69,70,71)/t27-,37-,38-,41+,42+,43+,44-,45-,46-,47-,48-,49+,52-,53-,54+/m1/s1. The summed E-state index contributed by atoms with van der Waals surface area (Å²) in [5.74, 6) is -1.61. The second-order valence-electron chi connectivity index (χ2n) is 20.3. The number of anilines is 1. The van der Waals surface area contributed by atoms with Gasteiger partial charge in [-0.15, -0.1) is 0 Å². The highest BCUT2D eigenvalue weighted by molar-refractivity contribution is 6.09. The van der Waals surface area contributed by atoms with Crippen molar-refractivity contribution in [3.8, 4) is 22.5 Å². The molecular weight excluding hydrogens is 1020 g/mol. The number of benzene rings is 3. The first-order chi connectivity index (χ1) is 37.2. The number of carboxylic acids is 1. The molecule has 0 saturated carbocycles. The first-order valence-electron chi connectivity index (χ1n) is 26.2. The summed E-state index contributed by atoms with van der Waals surface area (Å²) in [6.07, 6.45) is -19.1. The van der Waals surface area contributed by atoms with Crippen molar-refractivity contribution in [1.29, 1.82) is 0 Å². The Bertz CT molecular complexity index is 2700. The van der Waals surface area contributed by atoms with Gasteiger partial charge in [-0.05, 0) is 55.7 Å². The molecule has 1 aliphatic carbocycles. The summed E-state index contributed by atoms with van der Waals surface area (Å²) in [6, 6.07) is 15.8. The lowest BCUT2D eigenvalue weighted by Crippen LogP contribution is -2.66. The maximum atomic E-state index is 13.2. The van der Waals surface area contributed by atoms with E-state index in [2.05, 4.69) is 10.6 Å². The summed E-state index contributed by atoms with van der Waals surface area (Å²) in [7, 11) is 7.64. The number of carbonyl (C=O) groups is 3. The summed E-state index contributed by atoms with van der Waals surface area (Å²) < 4.78 is 42.2. The molecule has 24 nitrogen and oxygen atoms in total. The van der Waals surface area contributed by atoms with Crippen LogP contribution in [0.25, 0.3) is 33.4 Å². The zero-order valence-electron chi connectivity index (χ0n) is 44.3. The van der Waals surface area contributed by atoms with E-state index in [1.54, 1.807) is 12.1 Å². The fraction of sp³-hybridized carbons (Fsp3) is 0.593. The van der Waals surface area contributed by atoms with Crippen molar-refractivity contribution in [2.45, 2.75) is 144 Å². The molecule has 0 bridgehead atoms. The van der Waals surface area contributed by atoms with Crippen LogP contribution < -0.4 is 30.6 Å². The minimum atomic E-state index is -1.88. The predicted octanol–water partition coefficient (Wildman–Crippen LogP) is -2.26. The number of aliphatic hydroxyl groups is 9. The maximum Gasteiger partial charge on any atom is 0.251 e. The number of fused-ring (bicyclic) bond motifs is 2. The molecule has 4 heterocycles. The van der Waals surface area contributed by atoms with Crippen LogP contribution in [0.4, 0.5) is 5.69 Å². The van der Waals surface area contributed by atoms with Gasteiger partial charge in [0.1, 0.15) is 92.6 Å². The van der Waals surface area contributed by atoms with E-state index in [0.717, 1.165) is 36.7 Å². The second-order valence-corrected chi connectivity index (χ2v) is 20.3. The maximum absolute atomic E-state index is 13.2. The second kappa shape index (κ2) is 27.3. The molecule has 7 rings (SSSR count). The van der Waals surface area contributed by atoms with E-state index < -0.39 is 117 Å². The lowest BCUT2D eigenvalue weighted by Gasteiger charge is -2.48. The van der Waals surface area contributed by atoms with Crippen LogP contribution in [0.1, 0.15) is 72.6 Å². The third-order valence-electron chi connectivity index (χ3n) is 14.3. The quantitative estimate of drug-likeness (QED) is 0.0212. The Hall–Kier alpha value is -5.26. The van der Waals surface area contributed by atoms with Crippen molar-refractivity contribution in [3.63, 3.8) is 0 Å². The molecule has 0 spiro atoms. The Balaban J connectivity index is 0.804. The van der Waals surface area contributed by atoms with Gasteiger partial charge < -0.3 is 104 Å². The molecule has 4 aliphatic heterocycles. The number of hydrogen-bond donors (Lipinski definition) is 11. The highest BCUT2D eigenvalue weighted by atomic mass is 16.8. The van der Waals surface area contributed by atoms with Crippen LogP contribution in [-0.2, 0) is 33.2 Å². The van der Waals surface area contributed by atoms with E-state index in [4.69, 9.17) is 32.8 Å². The van der Waals surface area contributed by atoms with Gasteiger partial charge in [0.2, 0.25) is 11.3 Å². The smallest absolute Gasteiger partial charge is 0.251 e. The highest BCUT2D eigenvalue weighted by Crippen LogP contribution is 2.42. The first kappa shape index (κ1) is 60.4. The number of unbranched alkanes of at least 4 members (excludes halogenated alkanes) is 5. The molecule has 2 aromatic carbocycles. The van der Waals surface area contributed by atoms with E-state index in [-0.39, 0.29) is 43.2 Å². The van der Waals surface area contributed by atoms with Crippen LogP contribution in [-0.4, -0.2) is 217 Å². The summed E-state index contributed by atoms with van der Waals surface area (Å²) in [6.45, 7) is 0.246. The van der Waals surface area contributed by atoms with Crippen LogP contribution in [0.2, 0.25) is 0 Å².